The molecule has 0 spiro atoms. The van der Waals surface area contributed by atoms with Crippen molar-refractivity contribution in [1.29, 1.82) is 0 Å². The van der Waals surface area contributed by atoms with E-state index in [-0.39, 0.29) is 11.6 Å². The van der Waals surface area contributed by atoms with Gasteiger partial charge in [0.1, 0.15) is 6.33 Å². The molecule has 0 saturated heterocycles. The third-order valence-corrected chi connectivity index (χ3v) is 3.75. The predicted molar refractivity (Wildman–Crippen MR) is 78.1 cm³/mol. The Kier molecular flexibility index (Phi) is 3.65. The van der Waals surface area contributed by atoms with Crippen LogP contribution in [-0.2, 0) is 6.42 Å². The second-order valence-corrected chi connectivity index (χ2v) is 5.17. The minimum atomic E-state index is -0.160. The summed E-state index contributed by atoms with van der Waals surface area (Å²) in [6.07, 6.45) is 5.85. The van der Waals surface area contributed by atoms with E-state index in [0.717, 1.165) is 24.9 Å². The molecule has 3 rings (SSSR count). The van der Waals surface area contributed by atoms with Crippen LogP contribution in [-0.4, -0.2) is 22.4 Å². The molecule has 0 atom stereocenters. The van der Waals surface area contributed by atoms with Crippen LogP contribution in [0.25, 0.3) is 0 Å². The van der Waals surface area contributed by atoms with E-state index in [1.165, 1.54) is 18.1 Å². The smallest absolute Gasteiger partial charge is 0.278 e. The van der Waals surface area contributed by atoms with Crippen molar-refractivity contribution >= 4 is 23.2 Å². The number of benzene rings is 1. The van der Waals surface area contributed by atoms with E-state index in [9.17, 15) is 4.79 Å². The first-order chi connectivity index (χ1) is 9.77. The standard InChI is InChI=1S/C15H14ClN3O/c16-12-9-17-10-18-14(12)15(20)19-8-4-3-6-11-5-1-2-7-13(11)19/h1-2,5,7,9-10H,3-4,6,8H2. The highest BCUT2D eigenvalue weighted by atomic mass is 35.5. The summed E-state index contributed by atoms with van der Waals surface area (Å²) in [5, 5.41) is 0.291. The third kappa shape index (κ3) is 2.39. The lowest BCUT2D eigenvalue weighted by molar-refractivity contribution is 0.0982. The van der Waals surface area contributed by atoms with Gasteiger partial charge in [-0.2, -0.15) is 0 Å². The Balaban J connectivity index is 2.02. The lowest BCUT2D eigenvalue weighted by Crippen LogP contribution is -2.32. The molecule has 0 unspecified atom stereocenters. The highest BCUT2D eigenvalue weighted by Gasteiger charge is 2.24. The van der Waals surface area contributed by atoms with E-state index in [1.807, 2.05) is 18.2 Å². The first-order valence-corrected chi connectivity index (χ1v) is 7.00. The molecule has 102 valence electrons. The number of hydrogen-bond acceptors (Lipinski definition) is 3. The lowest BCUT2D eigenvalue weighted by atomic mass is 10.1. The summed E-state index contributed by atoms with van der Waals surface area (Å²) in [5.74, 6) is -0.160. The fraction of sp³-hybridized carbons (Fsp3) is 0.267. The van der Waals surface area contributed by atoms with E-state index >= 15 is 0 Å². The van der Waals surface area contributed by atoms with Crippen LogP contribution in [0.3, 0.4) is 0 Å². The third-order valence-electron chi connectivity index (χ3n) is 3.48. The molecule has 0 radical (unpaired) electrons. The molecule has 0 bridgehead atoms. The predicted octanol–water partition coefficient (Wildman–Crippen LogP) is 3.11. The zero-order valence-electron chi connectivity index (χ0n) is 10.9. The molecule has 0 N–H and O–H groups in total. The zero-order chi connectivity index (χ0) is 13.9. The van der Waals surface area contributed by atoms with E-state index in [4.69, 9.17) is 11.6 Å². The molecule has 1 aromatic carbocycles. The van der Waals surface area contributed by atoms with Gasteiger partial charge in [-0.3, -0.25) is 4.79 Å². The number of fused-ring (bicyclic) bond motifs is 1. The maximum absolute atomic E-state index is 12.7. The number of anilines is 1. The Morgan fingerprint density at radius 1 is 1.25 bits per heavy atom. The van der Waals surface area contributed by atoms with Crippen molar-refractivity contribution in [2.45, 2.75) is 19.3 Å². The second kappa shape index (κ2) is 5.59. The Hall–Kier alpha value is -1.94. The quantitative estimate of drug-likeness (QED) is 0.809. The van der Waals surface area contributed by atoms with Gasteiger partial charge in [-0.25, -0.2) is 9.97 Å². The van der Waals surface area contributed by atoms with Crippen LogP contribution in [0, 0.1) is 0 Å². The molecular formula is C15H14ClN3O. The van der Waals surface area contributed by atoms with Crippen molar-refractivity contribution in [3.8, 4) is 0 Å². The average Bonchev–Trinajstić information content (AvgIpc) is 2.69. The molecule has 2 heterocycles. The van der Waals surface area contributed by atoms with E-state index < -0.39 is 0 Å². The minimum Gasteiger partial charge on any atom is -0.307 e. The number of carbonyl (C=O) groups excluding carboxylic acids is 1. The number of aryl methyl sites for hydroxylation is 1. The normalized spacial score (nSPS) is 14.6. The number of carbonyl (C=O) groups is 1. The number of nitrogens with zero attached hydrogens (tertiary/aromatic N) is 3. The second-order valence-electron chi connectivity index (χ2n) is 4.76. The van der Waals surface area contributed by atoms with Crippen LogP contribution >= 0.6 is 11.6 Å². The molecule has 2 aromatic rings. The summed E-state index contributed by atoms with van der Waals surface area (Å²) in [6, 6.07) is 8.01. The van der Waals surface area contributed by atoms with Crippen molar-refractivity contribution in [3.63, 3.8) is 0 Å². The number of hydrogen-bond donors (Lipinski definition) is 0. The number of aromatic nitrogens is 2. The van der Waals surface area contributed by atoms with Gasteiger partial charge in [-0.15, -0.1) is 0 Å². The summed E-state index contributed by atoms with van der Waals surface area (Å²) >= 11 is 6.03. The van der Waals surface area contributed by atoms with Crippen molar-refractivity contribution < 1.29 is 4.79 Å². The fourth-order valence-corrected chi connectivity index (χ4v) is 2.69. The van der Waals surface area contributed by atoms with Gasteiger partial charge in [0, 0.05) is 18.4 Å². The molecular weight excluding hydrogens is 274 g/mol. The van der Waals surface area contributed by atoms with E-state index in [1.54, 1.807) is 4.90 Å². The Labute approximate surface area is 122 Å². The first kappa shape index (κ1) is 13.1. The van der Waals surface area contributed by atoms with Gasteiger partial charge in [0.05, 0.1) is 5.02 Å². The first-order valence-electron chi connectivity index (χ1n) is 6.62. The number of rotatable bonds is 1. The van der Waals surface area contributed by atoms with Gasteiger partial charge >= 0.3 is 0 Å². The van der Waals surface area contributed by atoms with Gasteiger partial charge in [-0.1, -0.05) is 29.8 Å². The number of amides is 1. The van der Waals surface area contributed by atoms with Crippen molar-refractivity contribution in [2.24, 2.45) is 0 Å². The van der Waals surface area contributed by atoms with Crippen LogP contribution < -0.4 is 4.90 Å². The maximum atomic E-state index is 12.7. The Morgan fingerprint density at radius 3 is 2.95 bits per heavy atom. The molecule has 0 aliphatic carbocycles. The van der Waals surface area contributed by atoms with Crippen molar-refractivity contribution in [1.82, 2.24) is 9.97 Å². The molecule has 0 saturated carbocycles. The summed E-state index contributed by atoms with van der Waals surface area (Å²) in [4.78, 5) is 22.3. The lowest BCUT2D eigenvalue weighted by Gasteiger charge is -2.22. The minimum absolute atomic E-state index is 0.160. The monoisotopic (exact) mass is 287 g/mol. The van der Waals surface area contributed by atoms with Crippen LogP contribution in [0.5, 0.6) is 0 Å². The van der Waals surface area contributed by atoms with E-state index in [2.05, 4.69) is 16.0 Å². The summed E-state index contributed by atoms with van der Waals surface area (Å²) < 4.78 is 0. The Bertz CT molecular complexity index is 645. The van der Waals surface area contributed by atoms with Crippen LogP contribution in [0.4, 0.5) is 5.69 Å². The fourth-order valence-electron chi connectivity index (χ4n) is 2.50. The molecule has 4 nitrogen and oxygen atoms in total. The Morgan fingerprint density at radius 2 is 2.10 bits per heavy atom. The highest BCUT2D eigenvalue weighted by Crippen LogP contribution is 2.28. The van der Waals surface area contributed by atoms with Gasteiger partial charge in [0.2, 0.25) is 0 Å². The van der Waals surface area contributed by atoms with Crippen LogP contribution in [0.2, 0.25) is 5.02 Å². The molecule has 1 aliphatic heterocycles. The summed E-state index contributed by atoms with van der Waals surface area (Å²) in [5.41, 5.74) is 2.42. The van der Waals surface area contributed by atoms with Crippen molar-refractivity contribution in [2.75, 3.05) is 11.4 Å². The maximum Gasteiger partial charge on any atom is 0.278 e. The topological polar surface area (TPSA) is 46.1 Å². The average molecular weight is 288 g/mol. The summed E-state index contributed by atoms with van der Waals surface area (Å²) in [7, 11) is 0. The van der Waals surface area contributed by atoms with Crippen molar-refractivity contribution in [3.05, 3.63) is 53.1 Å². The highest BCUT2D eigenvalue weighted by molar-refractivity contribution is 6.34. The van der Waals surface area contributed by atoms with Crippen LogP contribution in [0.15, 0.2) is 36.8 Å². The summed E-state index contributed by atoms with van der Waals surface area (Å²) in [6.45, 7) is 0.691. The van der Waals surface area contributed by atoms with Gasteiger partial charge in [-0.05, 0) is 30.9 Å². The van der Waals surface area contributed by atoms with E-state index in [0.29, 0.717) is 11.6 Å². The molecule has 1 aliphatic rings. The van der Waals surface area contributed by atoms with Gasteiger partial charge in [0.25, 0.3) is 5.91 Å². The molecule has 0 fully saturated rings. The zero-order valence-corrected chi connectivity index (χ0v) is 11.7. The molecule has 1 amide bonds. The van der Waals surface area contributed by atoms with Gasteiger partial charge < -0.3 is 4.90 Å². The number of halogens is 1. The largest absolute Gasteiger partial charge is 0.307 e. The SMILES string of the molecule is O=C(c1ncncc1Cl)N1CCCCc2ccccc21. The number of para-hydroxylation sites is 1. The van der Waals surface area contributed by atoms with Crippen LogP contribution in [0.1, 0.15) is 28.9 Å². The molecule has 5 heteroatoms. The van der Waals surface area contributed by atoms with Gasteiger partial charge in [0.15, 0.2) is 5.69 Å². The molecule has 20 heavy (non-hydrogen) atoms. The molecule has 1 aromatic heterocycles.